The second kappa shape index (κ2) is 5.42. The highest BCUT2D eigenvalue weighted by Gasteiger charge is 2.55. The third-order valence-electron chi connectivity index (χ3n) is 6.19. The van der Waals surface area contributed by atoms with Crippen LogP contribution in [0.1, 0.15) is 59.0 Å². The number of hydrogen-bond donors (Lipinski definition) is 2. The molecule has 1 heterocycles. The predicted molar refractivity (Wildman–Crippen MR) is 86.9 cm³/mol. The lowest BCUT2D eigenvalue weighted by atomic mass is 9.45. The molecule has 3 heteroatoms. The van der Waals surface area contributed by atoms with E-state index in [1.54, 1.807) is 0 Å². The number of rotatable bonds is 5. The fourth-order valence-electron chi connectivity index (χ4n) is 4.65. The Morgan fingerprint density at radius 2 is 2.14 bits per heavy atom. The number of hydrogen-bond acceptors (Lipinski definition) is 2. The molecule has 3 aliphatic carbocycles. The van der Waals surface area contributed by atoms with Gasteiger partial charge in [0.2, 0.25) is 0 Å². The van der Waals surface area contributed by atoms with Gasteiger partial charge in [0.05, 0.1) is 0 Å². The van der Waals surface area contributed by atoms with Crippen molar-refractivity contribution in [1.29, 1.82) is 0 Å². The van der Waals surface area contributed by atoms with E-state index >= 15 is 0 Å². The molecule has 0 spiro atoms. The minimum Gasteiger partial charge on any atom is -0.345 e. The SMILES string of the molecule is CC(C)Cc1ncc(CN[C@@H]2C[C@@H]3C[C@H]([C@H]2C)C3(C)C)[nH]1. The summed E-state index contributed by atoms with van der Waals surface area (Å²) >= 11 is 0. The van der Waals surface area contributed by atoms with E-state index in [9.17, 15) is 0 Å². The molecule has 21 heavy (non-hydrogen) atoms. The van der Waals surface area contributed by atoms with Gasteiger partial charge in [-0.3, -0.25) is 0 Å². The van der Waals surface area contributed by atoms with Crippen LogP contribution < -0.4 is 5.32 Å². The van der Waals surface area contributed by atoms with Crippen LogP contribution in [0.15, 0.2) is 6.20 Å². The molecule has 1 aromatic heterocycles. The summed E-state index contributed by atoms with van der Waals surface area (Å²) in [6, 6.07) is 0.679. The molecule has 2 N–H and O–H groups in total. The van der Waals surface area contributed by atoms with Crippen molar-refractivity contribution in [3.63, 3.8) is 0 Å². The van der Waals surface area contributed by atoms with Gasteiger partial charge in [0.15, 0.2) is 0 Å². The third kappa shape index (κ3) is 2.77. The van der Waals surface area contributed by atoms with Crippen LogP contribution in [0.4, 0.5) is 0 Å². The highest BCUT2D eigenvalue weighted by Crippen LogP contribution is 2.61. The maximum Gasteiger partial charge on any atom is 0.106 e. The molecule has 0 aromatic carbocycles. The van der Waals surface area contributed by atoms with Gasteiger partial charge in [0, 0.05) is 30.9 Å². The van der Waals surface area contributed by atoms with Crippen molar-refractivity contribution < 1.29 is 0 Å². The third-order valence-corrected chi connectivity index (χ3v) is 6.19. The standard InChI is InChI=1S/C18H31N3/c1-11(2)6-17-20-10-14(21-17)9-19-16-8-13-7-15(12(16)3)18(13,4)5/h10-13,15-16,19H,6-9H2,1-5H3,(H,20,21)/t12-,13+,15-,16-/m1/s1. The second-order valence-electron chi connectivity index (χ2n) is 8.40. The molecule has 3 saturated carbocycles. The molecule has 3 aliphatic rings. The van der Waals surface area contributed by atoms with E-state index in [-0.39, 0.29) is 0 Å². The van der Waals surface area contributed by atoms with Crippen molar-refractivity contribution in [3.05, 3.63) is 17.7 Å². The Balaban J connectivity index is 1.53. The summed E-state index contributed by atoms with van der Waals surface area (Å²) in [4.78, 5) is 7.95. The lowest BCUT2D eigenvalue weighted by Gasteiger charge is -2.62. The Kier molecular flexibility index (Phi) is 3.89. The molecule has 0 unspecified atom stereocenters. The lowest BCUT2D eigenvalue weighted by molar-refractivity contribution is -0.115. The van der Waals surface area contributed by atoms with Gasteiger partial charge in [-0.25, -0.2) is 4.98 Å². The van der Waals surface area contributed by atoms with Crippen molar-refractivity contribution >= 4 is 0 Å². The Bertz CT molecular complexity index is 488. The summed E-state index contributed by atoms with van der Waals surface area (Å²) in [5.41, 5.74) is 1.81. The number of aromatic nitrogens is 2. The number of H-pyrrole nitrogens is 1. The van der Waals surface area contributed by atoms with Gasteiger partial charge in [-0.05, 0) is 41.9 Å². The van der Waals surface area contributed by atoms with Crippen molar-refractivity contribution in [2.24, 2.45) is 29.1 Å². The molecule has 2 bridgehead atoms. The summed E-state index contributed by atoms with van der Waals surface area (Å²) in [7, 11) is 0. The van der Waals surface area contributed by atoms with E-state index in [2.05, 4.69) is 49.9 Å². The molecule has 118 valence electrons. The van der Waals surface area contributed by atoms with Gasteiger partial charge < -0.3 is 10.3 Å². The maximum absolute atomic E-state index is 4.49. The molecule has 3 nitrogen and oxygen atoms in total. The van der Waals surface area contributed by atoms with Gasteiger partial charge in [-0.1, -0.05) is 34.6 Å². The van der Waals surface area contributed by atoms with Crippen molar-refractivity contribution in [1.82, 2.24) is 15.3 Å². The zero-order chi connectivity index (χ0) is 15.2. The van der Waals surface area contributed by atoms with Crippen LogP contribution in [-0.4, -0.2) is 16.0 Å². The number of nitrogens with zero attached hydrogens (tertiary/aromatic N) is 1. The molecule has 4 atom stereocenters. The zero-order valence-electron chi connectivity index (χ0n) is 14.2. The number of fused-ring (bicyclic) bond motifs is 2. The number of nitrogens with one attached hydrogen (secondary N) is 2. The smallest absolute Gasteiger partial charge is 0.106 e. The summed E-state index contributed by atoms with van der Waals surface area (Å²) in [5.74, 6) is 4.41. The van der Waals surface area contributed by atoms with Crippen LogP contribution in [-0.2, 0) is 13.0 Å². The van der Waals surface area contributed by atoms with Crippen molar-refractivity contribution in [2.75, 3.05) is 0 Å². The van der Waals surface area contributed by atoms with Gasteiger partial charge in [-0.15, -0.1) is 0 Å². The van der Waals surface area contributed by atoms with Crippen LogP contribution in [0.3, 0.4) is 0 Å². The second-order valence-corrected chi connectivity index (χ2v) is 8.40. The fourth-order valence-corrected chi connectivity index (χ4v) is 4.65. The lowest BCUT2D eigenvalue weighted by Crippen LogP contribution is -2.59. The van der Waals surface area contributed by atoms with E-state index in [0.717, 1.165) is 36.5 Å². The molecule has 0 radical (unpaired) electrons. The van der Waals surface area contributed by atoms with E-state index in [4.69, 9.17) is 0 Å². The molecular weight excluding hydrogens is 258 g/mol. The van der Waals surface area contributed by atoms with Crippen LogP contribution in [0.2, 0.25) is 0 Å². The zero-order valence-corrected chi connectivity index (χ0v) is 14.2. The molecule has 0 aliphatic heterocycles. The first-order valence-electron chi connectivity index (χ1n) is 8.64. The van der Waals surface area contributed by atoms with Gasteiger partial charge in [-0.2, -0.15) is 0 Å². The first kappa shape index (κ1) is 15.1. The largest absolute Gasteiger partial charge is 0.345 e. The number of imidazole rings is 1. The maximum atomic E-state index is 4.49. The van der Waals surface area contributed by atoms with E-state index < -0.39 is 0 Å². The monoisotopic (exact) mass is 289 g/mol. The highest BCUT2D eigenvalue weighted by molar-refractivity contribution is 5.08. The highest BCUT2D eigenvalue weighted by atomic mass is 15.0. The molecule has 0 amide bonds. The Morgan fingerprint density at radius 3 is 2.76 bits per heavy atom. The van der Waals surface area contributed by atoms with Crippen molar-refractivity contribution in [2.45, 2.75) is 66.5 Å². The Labute approximate surface area is 129 Å². The van der Waals surface area contributed by atoms with Crippen LogP contribution in [0.5, 0.6) is 0 Å². The predicted octanol–water partition coefficient (Wildman–Crippen LogP) is 3.77. The fraction of sp³-hybridized carbons (Fsp3) is 0.833. The minimum atomic E-state index is 0.579. The van der Waals surface area contributed by atoms with E-state index in [0.29, 0.717) is 17.4 Å². The topological polar surface area (TPSA) is 40.7 Å². The number of aromatic amines is 1. The molecular formula is C18H31N3. The van der Waals surface area contributed by atoms with Gasteiger partial charge in [0.1, 0.15) is 5.82 Å². The summed E-state index contributed by atoms with van der Waals surface area (Å²) in [5, 5.41) is 3.78. The van der Waals surface area contributed by atoms with E-state index in [1.807, 2.05) is 6.20 Å². The Morgan fingerprint density at radius 1 is 1.38 bits per heavy atom. The van der Waals surface area contributed by atoms with Crippen LogP contribution in [0.25, 0.3) is 0 Å². The van der Waals surface area contributed by atoms with Gasteiger partial charge in [0.25, 0.3) is 0 Å². The van der Waals surface area contributed by atoms with Crippen LogP contribution in [0, 0.1) is 29.1 Å². The average Bonchev–Trinajstić information content (AvgIpc) is 2.83. The van der Waals surface area contributed by atoms with Crippen LogP contribution >= 0.6 is 0 Å². The first-order chi connectivity index (χ1) is 9.88. The molecule has 1 aromatic rings. The molecule has 4 rings (SSSR count). The Hall–Kier alpha value is -0.830. The van der Waals surface area contributed by atoms with Gasteiger partial charge >= 0.3 is 0 Å². The minimum absolute atomic E-state index is 0.579. The summed E-state index contributed by atoms with van der Waals surface area (Å²) in [6.45, 7) is 12.8. The average molecular weight is 289 g/mol. The normalized spacial score (nSPS) is 34.0. The molecule has 0 saturated heterocycles. The summed E-state index contributed by atoms with van der Waals surface area (Å²) in [6.07, 6.45) is 5.84. The van der Waals surface area contributed by atoms with E-state index in [1.165, 1.54) is 18.5 Å². The summed E-state index contributed by atoms with van der Waals surface area (Å²) < 4.78 is 0. The first-order valence-corrected chi connectivity index (χ1v) is 8.64. The quantitative estimate of drug-likeness (QED) is 0.866. The molecule has 3 fully saturated rings. The van der Waals surface area contributed by atoms with Crippen molar-refractivity contribution in [3.8, 4) is 0 Å².